The highest BCUT2D eigenvalue weighted by Gasteiger charge is 2.20. The second-order valence-corrected chi connectivity index (χ2v) is 6.27. The molecule has 82 valence electrons. The number of hydrogen-bond acceptors (Lipinski definition) is 2. The zero-order chi connectivity index (χ0) is 10.7. The molecule has 2 rings (SSSR count). The molecule has 0 radical (unpaired) electrons. The van der Waals surface area contributed by atoms with Crippen LogP contribution in [0.1, 0.15) is 36.0 Å². The van der Waals surface area contributed by atoms with E-state index in [4.69, 9.17) is 0 Å². The van der Waals surface area contributed by atoms with Gasteiger partial charge in [0.2, 0.25) is 0 Å². The van der Waals surface area contributed by atoms with E-state index in [1.807, 2.05) is 11.4 Å². The molecule has 1 aliphatic carbocycles. The summed E-state index contributed by atoms with van der Waals surface area (Å²) < 4.78 is 1.01. The van der Waals surface area contributed by atoms with Crippen molar-refractivity contribution in [1.82, 2.24) is 5.32 Å². The van der Waals surface area contributed by atoms with E-state index < -0.39 is 0 Å². The number of halogens is 1. The Balaban J connectivity index is 1.67. The molecular formula is C11H14BrNOS. The molecule has 15 heavy (non-hydrogen) atoms. The van der Waals surface area contributed by atoms with Crippen molar-refractivity contribution in [1.29, 1.82) is 0 Å². The summed E-state index contributed by atoms with van der Waals surface area (Å²) in [6.07, 6.45) is 5.17. The largest absolute Gasteiger partial charge is 0.352 e. The molecule has 2 nitrogen and oxygen atoms in total. The minimum absolute atomic E-state index is 0.0488. The number of rotatable bonds is 5. The molecular weight excluding hydrogens is 274 g/mol. The molecule has 0 atom stereocenters. The lowest BCUT2D eigenvalue weighted by Crippen LogP contribution is -2.23. The van der Waals surface area contributed by atoms with Gasteiger partial charge in [-0.2, -0.15) is 0 Å². The molecule has 1 saturated carbocycles. The first kappa shape index (κ1) is 11.1. The first-order valence-corrected chi connectivity index (χ1v) is 6.95. The van der Waals surface area contributed by atoms with Gasteiger partial charge in [0.1, 0.15) is 0 Å². The standard InChI is InChI=1S/C11H14BrNOS/c12-10-6-9(7-15-10)11(14)13-5-1-2-8-3-4-8/h6-8H,1-5H2,(H,13,14). The lowest BCUT2D eigenvalue weighted by Gasteiger charge is -2.02. The summed E-state index contributed by atoms with van der Waals surface area (Å²) >= 11 is 4.89. The molecule has 0 saturated heterocycles. The summed E-state index contributed by atoms with van der Waals surface area (Å²) in [5.41, 5.74) is 0.762. The maximum absolute atomic E-state index is 11.6. The Kier molecular flexibility index (Phi) is 3.81. The van der Waals surface area contributed by atoms with Crippen LogP contribution in [0.5, 0.6) is 0 Å². The fraction of sp³-hybridized carbons (Fsp3) is 0.545. The predicted octanol–water partition coefficient (Wildman–Crippen LogP) is 3.43. The van der Waals surface area contributed by atoms with Gasteiger partial charge in [-0.05, 0) is 40.8 Å². The van der Waals surface area contributed by atoms with Crippen LogP contribution >= 0.6 is 27.3 Å². The van der Waals surface area contributed by atoms with Crippen LogP contribution in [0.15, 0.2) is 15.2 Å². The highest BCUT2D eigenvalue weighted by molar-refractivity contribution is 9.11. The number of hydrogen-bond donors (Lipinski definition) is 1. The van der Waals surface area contributed by atoms with E-state index in [0.29, 0.717) is 0 Å². The monoisotopic (exact) mass is 287 g/mol. The first-order valence-electron chi connectivity index (χ1n) is 5.28. The van der Waals surface area contributed by atoms with Crippen LogP contribution in [0, 0.1) is 5.92 Å². The Bertz CT molecular complexity index is 346. The van der Waals surface area contributed by atoms with Crippen molar-refractivity contribution in [3.63, 3.8) is 0 Å². The summed E-state index contributed by atoms with van der Waals surface area (Å²) in [6.45, 7) is 0.808. The van der Waals surface area contributed by atoms with Crippen molar-refractivity contribution < 1.29 is 4.79 Å². The van der Waals surface area contributed by atoms with Gasteiger partial charge in [-0.15, -0.1) is 11.3 Å². The minimum atomic E-state index is 0.0488. The molecule has 1 aromatic rings. The van der Waals surface area contributed by atoms with Crippen LogP contribution < -0.4 is 5.32 Å². The maximum atomic E-state index is 11.6. The zero-order valence-electron chi connectivity index (χ0n) is 8.46. The molecule has 0 bridgehead atoms. The van der Waals surface area contributed by atoms with Gasteiger partial charge in [-0.25, -0.2) is 0 Å². The van der Waals surface area contributed by atoms with Gasteiger partial charge in [0.25, 0.3) is 5.91 Å². The number of nitrogens with one attached hydrogen (secondary N) is 1. The molecule has 0 aliphatic heterocycles. The summed E-state index contributed by atoms with van der Waals surface area (Å²) in [4.78, 5) is 11.6. The lowest BCUT2D eigenvalue weighted by atomic mass is 10.2. The lowest BCUT2D eigenvalue weighted by molar-refractivity contribution is 0.0953. The summed E-state index contributed by atoms with van der Waals surface area (Å²) in [5.74, 6) is 1.00. The van der Waals surface area contributed by atoms with Crippen molar-refractivity contribution in [2.45, 2.75) is 25.7 Å². The fourth-order valence-electron chi connectivity index (χ4n) is 1.53. The molecule has 1 amide bonds. The van der Waals surface area contributed by atoms with Crippen LogP contribution in [0.2, 0.25) is 0 Å². The second-order valence-electron chi connectivity index (χ2n) is 3.98. The van der Waals surface area contributed by atoms with Crippen LogP contribution in [0.4, 0.5) is 0 Å². The fourth-order valence-corrected chi connectivity index (χ4v) is 2.67. The van der Waals surface area contributed by atoms with Crippen LogP contribution in [-0.2, 0) is 0 Å². The van der Waals surface area contributed by atoms with E-state index in [1.54, 1.807) is 11.3 Å². The van der Waals surface area contributed by atoms with Crippen molar-refractivity contribution in [3.8, 4) is 0 Å². The number of carbonyl (C=O) groups is 1. The molecule has 0 unspecified atom stereocenters. The van der Waals surface area contributed by atoms with Gasteiger partial charge in [0.15, 0.2) is 0 Å². The van der Waals surface area contributed by atoms with Crippen LogP contribution in [0.3, 0.4) is 0 Å². The summed E-state index contributed by atoms with van der Waals surface area (Å²) in [6, 6.07) is 1.86. The molecule has 1 N–H and O–H groups in total. The Labute approximate surface area is 102 Å². The molecule has 1 aliphatic rings. The van der Waals surface area contributed by atoms with E-state index in [9.17, 15) is 4.79 Å². The average molecular weight is 288 g/mol. The minimum Gasteiger partial charge on any atom is -0.352 e. The highest BCUT2D eigenvalue weighted by atomic mass is 79.9. The summed E-state index contributed by atoms with van der Waals surface area (Å²) in [7, 11) is 0. The smallest absolute Gasteiger partial charge is 0.252 e. The van der Waals surface area contributed by atoms with E-state index in [2.05, 4.69) is 21.2 Å². The first-order chi connectivity index (χ1) is 7.25. The average Bonchev–Trinajstić information content (AvgIpc) is 2.94. The van der Waals surface area contributed by atoms with Gasteiger partial charge in [0.05, 0.1) is 9.35 Å². The number of thiophene rings is 1. The van der Waals surface area contributed by atoms with E-state index in [1.165, 1.54) is 19.3 Å². The topological polar surface area (TPSA) is 29.1 Å². The quantitative estimate of drug-likeness (QED) is 0.826. The Morgan fingerprint density at radius 1 is 1.60 bits per heavy atom. The van der Waals surface area contributed by atoms with Gasteiger partial charge >= 0.3 is 0 Å². The molecule has 0 aromatic carbocycles. The molecule has 1 heterocycles. The Morgan fingerprint density at radius 2 is 2.40 bits per heavy atom. The molecule has 4 heteroatoms. The normalized spacial score (nSPS) is 15.3. The third-order valence-electron chi connectivity index (χ3n) is 2.60. The summed E-state index contributed by atoms with van der Waals surface area (Å²) in [5, 5.41) is 4.82. The Morgan fingerprint density at radius 3 is 3.00 bits per heavy atom. The number of amides is 1. The third-order valence-corrected chi connectivity index (χ3v) is 4.11. The zero-order valence-corrected chi connectivity index (χ0v) is 10.9. The van der Waals surface area contributed by atoms with Crippen molar-refractivity contribution >= 4 is 33.2 Å². The maximum Gasteiger partial charge on any atom is 0.252 e. The predicted molar refractivity (Wildman–Crippen MR) is 66.3 cm³/mol. The Hall–Kier alpha value is -0.350. The van der Waals surface area contributed by atoms with Crippen molar-refractivity contribution in [2.75, 3.05) is 6.54 Å². The van der Waals surface area contributed by atoms with E-state index in [0.717, 1.165) is 28.2 Å². The molecule has 1 aromatic heterocycles. The van der Waals surface area contributed by atoms with Crippen LogP contribution in [0.25, 0.3) is 0 Å². The van der Waals surface area contributed by atoms with Gasteiger partial charge < -0.3 is 5.32 Å². The van der Waals surface area contributed by atoms with Crippen molar-refractivity contribution in [2.24, 2.45) is 5.92 Å². The van der Waals surface area contributed by atoms with E-state index in [-0.39, 0.29) is 5.91 Å². The van der Waals surface area contributed by atoms with Crippen molar-refractivity contribution in [3.05, 3.63) is 20.8 Å². The molecule has 0 spiro atoms. The van der Waals surface area contributed by atoms with Gasteiger partial charge in [0, 0.05) is 11.9 Å². The number of carbonyl (C=O) groups excluding carboxylic acids is 1. The van der Waals surface area contributed by atoms with Crippen LogP contribution in [-0.4, -0.2) is 12.5 Å². The SMILES string of the molecule is O=C(NCCCC1CC1)c1csc(Br)c1. The highest BCUT2D eigenvalue weighted by Crippen LogP contribution is 2.33. The second kappa shape index (κ2) is 5.12. The molecule has 1 fully saturated rings. The third kappa shape index (κ3) is 3.61. The van der Waals surface area contributed by atoms with Gasteiger partial charge in [-0.1, -0.05) is 12.8 Å². The van der Waals surface area contributed by atoms with Gasteiger partial charge in [-0.3, -0.25) is 4.79 Å². The van der Waals surface area contributed by atoms with E-state index >= 15 is 0 Å².